The van der Waals surface area contributed by atoms with Crippen LogP contribution in [0.15, 0.2) is 4.99 Å². The molecule has 0 aromatic heterocycles. The number of ether oxygens (including phenoxy) is 3. The predicted molar refractivity (Wildman–Crippen MR) is 36.1 cm³/mol. The molecule has 0 aromatic rings. The average molecular weight is 145 g/mol. The molecular weight excluding hydrogens is 134 g/mol. The first-order valence-electron chi connectivity index (χ1n) is 3.11. The van der Waals surface area contributed by atoms with Crippen molar-refractivity contribution in [3.63, 3.8) is 0 Å². The first kappa shape index (κ1) is 7.34. The molecule has 58 valence electrons. The zero-order chi connectivity index (χ0) is 7.40. The maximum Gasteiger partial charge on any atom is 0.383 e. The number of rotatable bonds is 2. The van der Waals surface area contributed by atoms with E-state index in [1.165, 1.54) is 7.11 Å². The van der Waals surface area contributed by atoms with Gasteiger partial charge in [0.15, 0.2) is 0 Å². The second-order valence-electron chi connectivity index (χ2n) is 2.01. The molecule has 0 radical (unpaired) electrons. The van der Waals surface area contributed by atoms with Gasteiger partial charge in [-0.1, -0.05) is 0 Å². The lowest BCUT2D eigenvalue weighted by atomic mass is 10.4. The van der Waals surface area contributed by atoms with E-state index < -0.39 is 0 Å². The van der Waals surface area contributed by atoms with Gasteiger partial charge in [0.25, 0.3) is 0 Å². The van der Waals surface area contributed by atoms with Crippen molar-refractivity contribution in [2.24, 2.45) is 4.99 Å². The van der Waals surface area contributed by atoms with E-state index in [2.05, 4.69) is 4.99 Å². The lowest BCUT2D eigenvalue weighted by molar-refractivity contribution is 0.0716. The minimum atomic E-state index is 0.0416. The molecule has 1 aliphatic rings. The second kappa shape index (κ2) is 3.41. The molecule has 0 N–H and O–H groups in total. The highest BCUT2D eigenvalue weighted by Crippen LogP contribution is 2.04. The largest absolute Gasteiger partial charge is 0.454 e. The SMILES string of the molecule is COCC1CN=C(OC)O1. The van der Waals surface area contributed by atoms with E-state index in [4.69, 9.17) is 14.2 Å². The fourth-order valence-corrected chi connectivity index (χ4v) is 0.779. The highest BCUT2D eigenvalue weighted by atomic mass is 16.7. The van der Waals surface area contributed by atoms with E-state index >= 15 is 0 Å². The van der Waals surface area contributed by atoms with Gasteiger partial charge in [-0.3, -0.25) is 0 Å². The molecule has 0 bridgehead atoms. The molecule has 1 heterocycles. The van der Waals surface area contributed by atoms with Crippen LogP contribution in [-0.2, 0) is 14.2 Å². The molecule has 1 aliphatic heterocycles. The van der Waals surface area contributed by atoms with Gasteiger partial charge in [0.2, 0.25) is 0 Å². The Morgan fingerprint density at radius 2 is 2.50 bits per heavy atom. The van der Waals surface area contributed by atoms with Gasteiger partial charge in [0.05, 0.1) is 20.3 Å². The van der Waals surface area contributed by atoms with Crippen LogP contribution >= 0.6 is 0 Å². The summed E-state index contributed by atoms with van der Waals surface area (Å²) in [6.07, 6.45) is 0.405. The van der Waals surface area contributed by atoms with E-state index in [0.29, 0.717) is 19.2 Å². The Kier molecular flexibility index (Phi) is 2.50. The Bertz CT molecular complexity index is 135. The van der Waals surface area contributed by atoms with Gasteiger partial charge >= 0.3 is 6.08 Å². The Morgan fingerprint density at radius 1 is 1.70 bits per heavy atom. The lowest BCUT2D eigenvalue weighted by Crippen LogP contribution is -2.19. The summed E-state index contributed by atoms with van der Waals surface area (Å²) < 4.78 is 14.8. The fourth-order valence-electron chi connectivity index (χ4n) is 0.779. The standard InChI is InChI=1S/C6H11NO3/c1-8-4-5-3-7-6(9-2)10-5/h5H,3-4H2,1-2H3. The number of hydrogen-bond acceptors (Lipinski definition) is 4. The van der Waals surface area contributed by atoms with Gasteiger partial charge in [-0.15, -0.1) is 0 Å². The first-order valence-corrected chi connectivity index (χ1v) is 3.11. The van der Waals surface area contributed by atoms with Gasteiger partial charge in [-0.2, -0.15) is 0 Å². The molecule has 4 nitrogen and oxygen atoms in total. The van der Waals surface area contributed by atoms with Crippen LogP contribution in [0.1, 0.15) is 0 Å². The molecule has 0 amide bonds. The summed E-state index contributed by atoms with van der Waals surface area (Å²) in [5.74, 6) is 0. The van der Waals surface area contributed by atoms with Crippen LogP contribution in [0.5, 0.6) is 0 Å². The summed E-state index contributed by atoms with van der Waals surface area (Å²) in [5, 5.41) is 0. The van der Waals surface area contributed by atoms with Gasteiger partial charge < -0.3 is 14.2 Å². The van der Waals surface area contributed by atoms with E-state index in [1.54, 1.807) is 7.11 Å². The van der Waals surface area contributed by atoms with Gasteiger partial charge in [-0.05, 0) is 0 Å². The highest BCUT2D eigenvalue weighted by Gasteiger charge is 2.19. The van der Waals surface area contributed by atoms with Crippen LogP contribution in [0.3, 0.4) is 0 Å². The molecule has 0 aliphatic carbocycles. The molecule has 0 aromatic carbocycles. The maximum absolute atomic E-state index is 5.15. The summed E-state index contributed by atoms with van der Waals surface area (Å²) in [6.45, 7) is 1.20. The van der Waals surface area contributed by atoms with Crippen molar-refractivity contribution in [3.05, 3.63) is 0 Å². The number of methoxy groups -OCH3 is 2. The summed E-state index contributed by atoms with van der Waals surface area (Å²) >= 11 is 0. The highest BCUT2D eigenvalue weighted by molar-refractivity contribution is 5.68. The molecule has 0 saturated carbocycles. The van der Waals surface area contributed by atoms with Crippen LogP contribution in [0.2, 0.25) is 0 Å². The first-order chi connectivity index (χ1) is 4.86. The molecule has 0 saturated heterocycles. The molecule has 4 heteroatoms. The zero-order valence-electron chi connectivity index (χ0n) is 6.16. The summed E-state index contributed by atoms with van der Waals surface area (Å²) in [5.41, 5.74) is 0. The predicted octanol–water partition coefficient (Wildman–Crippen LogP) is 0.0340. The van der Waals surface area contributed by atoms with E-state index in [9.17, 15) is 0 Å². The fraction of sp³-hybridized carbons (Fsp3) is 0.833. The maximum atomic E-state index is 5.15. The smallest absolute Gasteiger partial charge is 0.383 e. The van der Waals surface area contributed by atoms with E-state index in [1.807, 2.05) is 0 Å². The van der Waals surface area contributed by atoms with Crippen LogP contribution in [0.4, 0.5) is 0 Å². The third kappa shape index (κ3) is 1.60. The van der Waals surface area contributed by atoms with Crippen molar-refractivity contribution in [3.8, 4) is 0 Å². The average Bonchev–Trinajstić information content (AvgIpc) is 2.37. The molecule has 1 atom stereocenters. The van der Waals surface area contributed by atoms with Crippen molar-refractivity contribution in [1.29, 1.82) is 0 Å². The summed E-state index contributed by atoms with van der Waals surface area (Å²) in [7, 11) is 3.17. The minimum Gasteiger partial charge on any atom is -0.454 e. The zero-order valence-corrected chi connectivity index (χ0v) is 6.16. The van der Waals surface area contributed by atoms with Gasteiger partial charge in [-0.25, -0.2) is 4.99 Å². The normalized spacial score (nSPS) is 23.8. The third-order valence-electron chi connectivity index (χ3n) is 1.22. The second-order valence-corrected chi connectivity index (χ2v) is 2.01. The van der Waals surface area contributed by atoms with Gasteiger partial charge in [0.1, 0.15) is 6.10 Å². The molecular formula is C6H11NO3. The Labute approximate surface area is 59.8 Å². The molecule has 10 heavy (non-hydrogen) atoms. The van der Waals surface area contributed by atoms with E-state index in [-0.39, 0.29) is 6.10 Å². The summed E-state index contributed by atoms with van der Waals surface area (Å²) in [4.78, 5) is 3.95. The number of aliphatic imine (C=N–C) groups is 1. The van der Waals surface area contributed by atoms with Crippen molar-refractivity contribution in [2.45, 2.75) is 6.10 Å². The van der Waals surface area contributed by atoms with Crippen molar-refractivity contribution >= 4 is 6.08 Å². The minimum absolute atomic E-state index is 0.0416. The number of nitrogens with zero attached hydrogens (tertiary/aromatic N) is 1. The van der Waals surface area contributed by atoms with Crippen molar-refractivity contribution in [1.82, 2.24) is 0 Å². The lowest BCUT2D eigenvalue weighted by Gasteiger charge is -2.07. The van der Waals surface area contributed by atoms with Gasteiger partial charge in [0, 0.05) is 7.11 Å². The van der Waals surface area contributed by atoms with Crippen LogP contribution in [-0.4, -0.2) is 39.6 Å². The Hall–Kier alpha value is -0.770. The number of hydrogen-bond donors (Lipinski definition) is 0. The van der Waals surface area contributed by atoms with Crippen LogP contribution in [0, 0.1) is 0 Å². The molecule has 0 spiro atoms. The molecule has 1 unspecified atom stereocenters. The van der Waals surface area contributed by atoms with Crippen molar-refractivity contribution < 1.29 is 14.2 Å². The topological polar surface area (TPSA) is 40.0 Å². The van der Waals surface area contributed by atoms with Crippen LogP contribution in [0.25, 0.3) is 0 Å². The van der Waals surface area contributed by atoms with Crippen molar-refractivity contribution in [2.75, 3.05) is 27.4 Å². The molecule has 1 rings (SSSR count). The monoisotopic (exact) mass is 145 g/mol. The quantitative estimate of drug-likeness (QED) is 0.550. The third-order valence-corrected chi connectivity index (χ3v) is 1.22. The Balaban J connectivity index is 2.22. The molecule has 0 fully saturated rings. The van der Waals surface area contributed by atoms with Crippen LogP contribution < -0.4 is 0 Å². The Morgan fingerprint density at radius 3 is 3.00 bits per heavy atom. The summed E-state index contributed by atoms with van der Waals surface area (Å²) in [6, 6.07) is 0. The van der Waals surface area contributed by atoms with E-state index in [0.717, 1.165) is 0 Å².